The Morgan fingerprint density at radius 3 is 2.83 bits per heavy atom. The number of carboxylic acids is 1. The normalized spacial score (nSPS) is 12.1. The number of aromatic carboxylic acids is 1. The van der Waals surface area contributed by atoms with E-state index in [4.69, 9.17) is 10.8 Å². The van der Waals surface area contributed by atoms with Crippen LogP contribution in [0.15, 0.2) is 35.7 Å². The van der Waals surface area contributed by atoms with Crippen LogP contribution in [0.25, 0.3) is 0 Å². The van der Waals surface area contributed by atoms with E-state index in [0.717, 1.165) is 5.69 Å². The van der Waals surface area contributed by atoms with Crippen LogP contribution >= 0.6 is 11.3 Å². The van der Waals surface area contributed by atoms with Crippen molar-refractivity contribution < 1.29 is 9.90 Å². The van der Waals surface area contributed by atoms with Crippen LogP contribution in [0.2, 0.25) is 0 Å². The zero-order valence-corrected chi connectivity index (χ0v) is 10.7. The van der Waals surface area contributed by atoms with Gasteiger partial charge < -0.3 is 16.2 Å². The Morgan fingerprint density at radius 2 is 2.22 bits per heavy atom. The van der Waals surface area contributed by atoms with Gasteiger partial charge in [-0.1, -0.05) is 6.07 Å². The van der Waals surface area contributed by atoms with Crippen LogP contribution in [0.1, 0.15) is 28.2 Å². The summed E-state index contributed by atoms with van der Waals surface area (Å²) in [4.78, 5) is 12.2. The van der Waals surface area contributed by atoms with E-state index in [0.29, 0.717) is 0 Å². The molecule has 0 radical (unpaired) electrons. The van der Waals surface area contributed by atoms with Crippen molar-refractivity contribution in [2.75, 3.05) is 11.1 Å². The lowest BCUT2D eigenvalue weighted by Crippen LogP contribution is -2.07. The summed E-state index contributed by atoms with van der Waals surface area (Å²) in [5, 5.41) is 14.3. The summed E-state index contributed by atoms with van der Waals surface area (Å²) in [6.07, 6.45) is 0. The highest BCUT2D eigenvalue weighted by Gasteiger charge is 2.11. The number of thiophene rings is 1. The van der Waals surface area contributed by atoms with Crippen LogP contribution in [0.4, 0.5) is 11.4 Å². The minimum Gasteiger partial charge on any atom is -0.478 e. The molecule has 0 aliphatic rings. The van der Waals surface area contributed by atoms with E-state index in [1.165, 1.54) is 4.88 Å². The highest BCUT2D eigenvalue weighted by atomic mass is 32.1. The predicted molar refractivity (Wildman–Crippen MR) is 74.2 cm³/mol. The van der Waals surface area contributed by atoms with Crippen molar-refractivity contribution in [1.29, 1.82) is 0 Å². The molecule has 2 aromatic rings. The SMILES string of the molecule is CC(Nc1ccc(N)c(C(=O)O)c1)c1cccs1. The van der Waals surface area contributed by atoms with Gasteiger partial charge in [-0.05, 0) is 36.6 Å². The summed E-state index contributed by atoms with van der Waals surface area (Å²) in [5.74, 6) is -1.01. The van der Waals surface area contributed by atoms with Crippen LogP contribution in [-0.4, -0.2) is 11.1 Å². The summed E-state index contributed by atoms with van der Waals surface area (Å²) in [6.45, 7) is 2.03. The molecule has 0 aliphatic carbocycles. The first-order valence-corrected chi connectivity index (χ1v) is 6.38. The van der Waals surface area contributed by atoms with Gasteiger partial charge in [0.2, 0.25) is 0 Å². The first-order valence-electron chi connectivity index (χ1n) is 5.50. The maximum atomic E-state index is 11.0. The summed E-state index contributed by atoms with van der Waals surface area (Å²) < 4.78 is 0. The smallest absolute Gasteiger partial charge is 0.337 e. The average molecular weight is 262 g/mol. The second-order valence-electron chi connectivity index (χ2n) is 3.99. The van der Waals surface area contributed by atoms with Crippen molar-refractivity contribution in [3.8, 4) is 0 Å². The van der Waals surface area contributed by atoms with Crippen LogP contribution in [-0.2, 0) is 0 Å². The largest absolute Gasteiger partial charge is 0.478 e. The van der Waals surface area contributed by atoms with Crippen LogP contribution in [0.5, 0.6) is 0 Å². The van der Waals surface area contributed by atoms with Crippen molar-refractivity contribution in [3.63, 3.8) is 0 Å². The number of hydrogen-bond donors (Lipinski definition) is 3. The second-order valence-corrected chi connectivity index (χ2v) is 4.97. The standard InChI is InChI=1S/C13H14N2O2S/c1-8(12-3-2-6-18-12)15-9-4-5-11(14)10(7-9)13(16)17/h2-8,15H,14H2,1H3,(H,16,17). The summed E-state index contributed by atoms with van der Waals surface area (Å²) in [5.41, 5.74) is 6.76. The zero-order valence-electron chi connectivity index (χ0n) is 9.88. The van der Waals surface area contributed by atoms with Crippen molar-refractivity contribution in [2.45, 2.75) is 13.0 Å². The molecule has 0 saturated heterocycles. The number of nitrogens with two attached hydrogens (primary N) is 1. The Morgan fingerprint density at radius 1 is 1.44 bits per heavy atom. The van der Waals surface area contributed by atoms with Gasteiger partial charge in [0.05, 0.1) is 11.6 Å². The monoisotopic (exact) mass is 262 g/mol. The van der Waals surface area contributed by atoms with Crippen LogP contribution in [0, 0.1) is 0 Å². The third-order valence-electron chi connectivity index (χ3n) is 2.64. The third-order valence-corrected chi connectivity index (χ3v) is 3.69. The fourth-order valence-electron chi connectivity index (χ4n) is 1.69. The van der Waals surface area contributed by atoms with Gasteiger partial charge in [-0.15, -0.1) is 11.3 Å². The molecule has 1 atom stereocenters. The molecule has 0 bridgehead atoms. The molecule has 1 unspecified atom stereocenters. The number of carboxylic acid groups (broad SMARTS) is 1. The maximum absolute atomic E-state index is 11.0. The molecule has 0 saturated carbocycles. The second kappa shape index (κ2) is 5.10. The molecule has 0 spiro atoms. The molecule has 0 fully saturated rings. The lowest BCUT2D eigenvalue weighted by Gasteiger charge is -2.14. The lowest BCUT2D eigenvalue weighted by molar-refractivity contribution is 0.0698. The van der Waals surface area contributed by atoms with Gasteiger partial charge in [0.1, 0.15) is 0 Å². The number of nitrogens with one attached hydrogen (secondary N) is 1. The molecule has 1 aromatic carbocycles. The highest BCUT2D eigenvalue weighted by Crippen LogP contribution is 2.25. The fraction of sp³-hybridized carbons (Fsp3) is 0.154. The van der Waals surface area contributed by atoms with Gasteiger partial charge in [-0.25, -0.2) is 4.79 Å². The number of benzene rings is 1. The molecule has 94 valence electrons. The maximum Gasteiger partial charge on any atom is 0.337 e. The molecule has 18 heavy (non-hydrogen) atoms. The zero-order chi connectivity index (χ0) is 13.1. The summed E-state index contributed by atoms with van der Waals surface area (Å²) in [6, 6.07) is 9.11. The Labute approximate surface area is 109 Å². The number of anilines is 2. The van der Waals surface area contributed by atoms with Crippen molar-refractivity contribution >= 4 is 28.7 Å². The predicted octanol–water partition coefficient (Wildman–Crippen LogP) is 3.20. The van der Waals surface area contributed by atoms with Crippen LogP contribution < -0.4 is 11.1 Å². The minimum absolute atomic E-state index is 0.123. The molecule has 0 amide bonds. The fourth-order valence-corrected chi connectivity index (χ4v) is 2.42. The average Bonchev–Trinajstić information content (AvgIpc) is 2.85. The highest BCUT2D eigenvalue weighted by molar-refractivity contribution is 7.10. The van der Waals surface area contributed by atoms with Crippen LogP contribution in [0.3, 0.4) is 0 Å². The third kappa shape index (κ3) is 2.62. The van der Waals surface area contributed by atoms with E-state index in [-0.39, 0.29) is 17.3 Å². The molecular weight excluding hydrogens is 248 g/mol. The van der Waals surface area contributed by atoms with Gasteiger partial charge in [0.25, 0.3) is 0 Å². The molecule has 5 heteroatoms. The first kappa shape index (κ1) is 12.4. The number of carbonyl (C=O) groups is 1. The van der Waals surface area contributed by atoms with Gasteiger partial charge >= 0.3 is 5.97 Å². The van der Waals surface area contributed by atoms with Gasteiger partial charge in [-0.2, -0.15) is 0 Å². The van der Waals surface area contributed by atoms with Gasteiger partial charge in [0, 0.05) is 16.3 Å². The topological polar surface area (TPSA) is 75.3 Å². The Balaban J connectivity index is 2.20. The number of nitrogen functional groups attached to an aromatic ring is 1. The van der Waals surface area contributed by atoms with E-state index < -0.39 is 5.97 Å². The van der Waals surface area contributed by atoms with Gasteiger partial charge in [-0.3, -0.25) is 0 Å². The van der Waals surface area contributed by atoms with Crippen molar-refractivity contribution in [2.24, 2.45) is 0 Å². The molecule has 4 N–H and O–H groups in total. The number of rotatable bonds is 4. The molecule has 4 nitrogen and oxygen atoms in total. The molecular formula is C13H14N2O2S. The molecule has 2 rings (SSSR count). The Kier molecular flexibility index (Phi) is 3.53. The molecule has 0 aliphatic heterocycles. The van der Waals surface area contributed by atoms with Crippen molar-refractivity contribution in [1.82, 2.24) is 0 Å². The van der Waals surface area contributed by atoms with E-state index in [1.807, 2.05) is 24.4 Å². The quantitative estimate of drug-likeness (QED) is 0.740. The molecule has 1 heterocycles. The van der Waals surface area contributed by atoms with E-state index in [2.05, 4.69) is 5.32 Å². The first-order chi connectivity index (χ1) is 8.58. The Hall–Kier alpha value is -2.01. The van der Waals surface area contributed by atoms with E-state index >= 15 is 0 Å². The Bertz CT molecular complexity index is 552. The van der Waals surface area contributed by atoms with Crippen molar-refractivity contribution in [3.05, 3.63) is 46.2 Å². The number of hydrogen-bond acceptors (Lipinski definition) is 4. The molecule has 1 aromatic heterocycles. The summed E-state index contributed by atoms with van der Waals surface area (Å²) in [7, 11) is 0. The summed E-state index contributed by atoms with van der Waals surface area (Å²) >= 11 is 1.66. The van der Waals surface area contributed by atoms with Gasteiger partial charge in [0.15, 0.2) is 0 Å². The van der Waals surface area contributed by atoms with E-state index in [1.54, 1.807) is 29.5 Å². The minimum atomic E-state index is -1.01. The van der Waals surface area contributed by atoms with E-state index in [9.17, 15) is 4.79 Å². The lowest BCUT2D eigenvalue weighted by atomic mass is 10.1.